The first kappa shape index (κ1) is 36.2. The highest BCUT2D eigenvalue weighted by Crippen LogP contribution is 2.45. The molecule has 0 aromatic rings. The van der Waals surface area contributed by atoms with E-state index >= 15 is 0 Å². The Bertz CT molecular complexity index is 514. The van der Waals surface area contributed by atoms with Gasteiger partial charge < -0.3 is 9.79 Å². The van der Waals surface area contributed by atoms with Crippen LogP contribution in [-0.2, 0) is 27.2 Å². The van der Waals surface area contributed by atoms with E-state index in [1.54, 1.807) is 0 Å². The SMILES string of the molecule is CCCCCCCCCCCCOP(=O)(O)OCCOP(=O)(O)OCCCCCCCCCCCC. The summed E-state index contributed by atoms with van der Waals surface area (Å²) in [5, 5.41) is 0. The van der Waals surface area contributed by atoms with Gasteiger partial charge in [-0.3, -0.25) is 18.1 Å². The van der Waals surface area contributed by atoms with E-state index in [0.717, 1.165) is 25.7 Å². The van der Waals surface area contributed by atoms with E-state index < -0.39 is 15.6 Å². The number of unbranched alkanes of at least 4 members (excludes halogenated alkanes) is 18. The number of hydrogen-bond acceptors (Lipinski definition) is 6. The fourth-order valence-corrected chi connectivity index (χ4v) is 5.40. The predicted molar refractivity (Wildman–Crippen MR) is 147 cm³/mol. The van der Waals surface area contributed by atoms with Crippen LogP contribution in [0, 0.1) is 0 Å². The van der Waals surface area contributed by atoms with Crippen molar-refractivity contribution in [2.45, 2.75) is 142 Å². The molecular weight excluding hydrogens is 502 g/mol. The van der Waals surface area contributed by atoms with Crippen molar-refractivity contribution in [1.82, 2.24) is 0 Å². The van der Waals surface area contributed by atoms with Crippen molar-refractivity contribution < 1.29 is 37.0 Å². The van der Waals surface area contributed by atoms with Crippen LogP contribution in [0.3, 0.4) is 0 Å². The average molecular weight is 559 g/mol. The first-order chi connectivity index (χ1) is 17.3. The molecule has 8 nitrogen and oxygen atoms in total. The topological polar surface area (TPSA) is 112 Å². The Labute approximate surface area is 221 Å². The third-order valence-electron chi connectivity index (χ3n) is 6.10. The van der Waals surface area contributed by atoms with Crippen LogP contribution in [0.5, 0.6) is 0 Å². The Morgan fingerprint density at radius 3 is 0.889 bits per heavy atom. The van der Waals surface area contributed by atoms with Gasteiger partial charge in [0.05, 0.1) is 26.4 Å². The minimum atomic E-state index is -4.19. The molecule has 0 bridgehead atoms. The van der Waals surface area contributed by atoms with E-state index in [9.17, 15) is 18.9 Å². The molecule has 0 radical (unpaired) electrons. The summed E-state index contributed by atoms with van der Waals surface area (Å²) >= 11 is 0. The lowest BCUT2D eigenvalue weighted by atomic mass is 10.1. The lowest BCUT2D eigenvalue weighted by Crippen LogP contribution is -2.05. The molecule has 0 amide bonds. The van der Waals surface area contributed by atoms with Crippen LogP contribution in [0.25, 0.3) is 0 Å². The second-order valence-electron chi connectivity index (χ2n) is 9.63. The summed E-state index contributed by atoms with van der Waals surface area (Å²) in [6, 6.07) is 0. The molecule has 0 aromatic heterocycles. The molecule has 2 atom stereocenters. The van der Waals surface area contributed by atoms with Crippen LogP contribution in [-0.4, -0.2) is 36.2 Å². The number of phosphoric acid groups is 2. The first-order valence-corrected chi connectivity index (χ1v) is 17.6. The number of rotatable bonds is 29. The van der Waals surface area contributed by atoms with Gasteiger partial charge in [0.1, 0.15) is 0 Å². The van der Waals surface area contributed by atoms with Gasteiger partial charge in [-0.2, -0.15) is 0 Å². The van der Waals surface area contributed by atoms with Crippen LogP contribution in [0.2, 0.25) is 0 Å². The highest BCUT2D eigenvalue weighted by Gasteiger charge is 2.23. The van der Waals surface area contributed by atoms with E-state index in [1.165, 1.54) is 89.9 Å². The van der Waals surface area contributed by atoms with Crippen LogP contribution in [0.4, 0.5) is 0 Å². The molecule has 0 aromatic carbocycles. The maximum atomic E-state index is 11.9. The smallest absolute Gasteiger partial charge is 0.302 e. The molecule has 0 aliphatic heterocycles. The molecule has 0 aliphatic rings. The Hall–Kier alpha value is 0.220. The highest BCUT2D eigenvalue weighted by molar-refractivity contribution is 7.47. The Morgan fingerprint density at radius 1 is 0.389 bits per heavy atom. The first-order valence-electron chi connectivity index (χ1n) is 14.6. The van der Waals surface area contributed by atoms with E-state index in [1.807, 2.05) is 0 Å². The predicted octanol–water partition coefficient (Wildman–Crippen LogP) is 9.10. The second kappa shape index (κ2) is 25.5. The van der Waals surface area contributed by atoms with Crippen molar-refractivity contribution in [3.8, 4) is 0 Å². The van der Waals surface area contributed by atoms with Crippen molar-refractivity contribution in [3.63, 3.8) is 0 Å². The largest absolute Gasteiger partial charge is 0.472 e. The van der Waals surface area contributed by atoms with Crippen molar-refractivity contribution in [3.05, 3.63) is 0 Å². The third-order valence-corrected chi connectivity index (χ3v) is 8.13. The van der Waals surface area contributed by atoms with Gasteiger partial charge in [-0.15, -0.1) is 0 Å². The third kappa shape index (κ3) is 27.3. The molecule has 0 spiro atoms. The zero-order valence-electron chi connectivity index (χ0n) is 23.2. The number of phosphoric ester groups is 2. The van der Waals surface area contributed by atoms with Crippen LogP contribution in [0.15, 0.2) is 0 Å². The van der Waals surface area contributed by atoms with Crippen LogP contribution < -0.4 is 0 Å². The molecule has 10 heteroatoms. The van der Waals surface area contributed by atoms with Gasteiger partial charge in [-0.25, -0.2) is 9.13 Å². The molecule has 0 fully saturated rings. The summed E-state index contributed by atoms with van der Waals surface area (Å²) in [6.45, 7) is 4.05. The van der Waals surface area contributed by atoms with Gasteiger partial charge in [-0.1, -0.05) is 129 Å². The molecule has 0 saturated heterocycles. The van der Waals surface area contributed by atoms with Gasteiger partial charge >= 0.3 is 15.6 Å². The minimum absolute atomic E-state index is 0.144. The van der Waals surface area contributed by atoms with Crippen molar-refractivity contribution in [2.24, 2.45) is 0 Å². The van der Waals surface area contributed by atoms with E-state index in [0.29, 0.717) is 12.8 Å². The molecule has 2 N–H and O–H groups in total. The zero-order valence-corrected chi connectivity index (χ0v) is 25.0. The normalized spacial score (nSPS) is 15.1. The Kier molecular flexibility index (Phi) is 25.7. The van der Waals surface area contributed by atoms with E-state index in [-0.39, 0.29) is 26.4 Å². The van der Waals surface area contributed by atoms with Crippen LogP contribution in [0.1, 0.15) is 142 Å². The minimum Gasteiger partial charge on any atom is -0.302 e. The second-order valence-corrected chi connectivity index (χ2v) is 12.5. The fourth-order valence-electron chi connectivity index (χ4n) is 3.92. The van der Waals surface area contributed by atoms with Gasteiger partial charge in [0, 0.05) is 0 Å². The molecule has 36 heavy (non-hydrogen) atoms. The summed E-state index contributed by atoms with van der Waals surface area (Å²) in [7, 11) is -8.38. The summed E-state index contributed by atoms with van der Waals surface area (Å²) in [6.07, 6.45) is 23.3. The standard InChI is InChI=1S/C26H56O8P2/c1-3-5-7-9-11-13-15-17-19-21-23-31-35(27,28)33-25-26-34-36(29,30)32-24-22-20-18-16-14-12-10-8-6-4-2/h3-26H2,1-2H3,(H,27,28)(H,29,30). The van der Waals surface area contributed by atoms with Crippen molar-refractivity contribution >= 4 is 15.6 Å². The average Bonchev–Trinajstić information content (AvgIpc) is 2.84. The lowest BCUT2D eigenvalue weighted by Gasteiger charge is -2.14. The maximum Gasteiger partial charge on any atom is 0.472 e. The lowest BCUT2D eigenvalue weighted by molar-refractivity contribution is 0.101. The molecule has 0 heterocycles. The van der Waals surface area contributed by atoms with Crippen LogP contribution >= 0.6 is 15.6 Å². The van der Waals surface area contributed by atoms with Crippen molar-refractivity contribution in [1.29, 1.82) is 0 Å². The molecule has 0 aliphatic carbocycles. The molecule has 0 saturated carbocycles. The van der Waals surface area contributed by atoms with Gasteiger partial charge in [-0.05, 0) is 12.8 Å². The van der Waals surface area contributed by atoms with E-state index in [2.05, 4.69) is 13.8 Å². The van der Waals surface area contributed by atoms with Gasteiger partial charge in [0.25, 0.3) is 0 Å². The Morgan fingerprint density at radius 2 is 0.611 bits per heavy atom. The summed E-state index contributed by atoms with van der Waals surface area (Å²) in [5.41, 5.74) is 0. The summed E-state index contributed by atoms with van der Waals surface area (Å²) < 4.78 is 43.3. The summed E-state index contributed by atoms with van der Waals surface area (Å²) in [4.78, 5) is 19.4. The monoisotopic (exact) mass is 558 g/mol. The highest BCUT2D eigenvalue weighted by atomic mass is 31.2. The zero-order chi connectivity index (χ0) is 26.8. The maximum absolute atomic E-state index is 11.9. The van der Waals surface area contributed by atoms with Gasteiger partial charge in [0.15, 0.2) is 0 Å². The molecular formula is C26H56O8P2. The molecule has 0 rings (SSSR count). The molecule has 2 unspecified atom stereocenters. The van der Waals surface area contributed by atoms with Gasteiger partial charge in [0.2, 0.25) is 0 Å². The summed E-state index contributed by atoms with van der Waals surface area (Å²) in [5.74, 6) is 0. The fraction of sp³-hybridized carbons (Fsp3) is 1.00. The quantitative estimate of drug-likeness (QED) is 0.0690. The van der Waals surface area contributed by atoms with Crippen molar-refractivity contribution in [2.75, 3.05) is 26.4 Å². The molecule has 218 valence electrons. The van der Waals surface area contributed by atoms with E-state index in [4.69, 9.17) is 18.1 Å². The Balaban J connectivity index is 3.57. The number of hydrogen-bond donors (Lipinski definition) is 2.